The monoisotopic (exact) mass is 283 g/mol. The first kappa shape index (κ1) is 13.5. The summed E-state index contributed by atoms with van der Waals surface area (Å²) in [5.74, 6) is -2.26. The lowest BCUT2D eigenvalue weighted by Crippen LogP contribution is -2.10. The number of nitrogen functional groups attached to an aromatic ring is 1. The highest BCUT2D eigenvalue weighted by Crippen LogP contribution is 2.24. The van der Waals surface area contributed by atoms with Gasteiger partial charge in [0.25, 0.3) is 0 Å². The molecule has 0 amide bonds. The Kier molecular flexibility index (Phi) is 3.53. The molecule has 2 rings (SSSR count). The van der Waals surface area contributed by atoms with Gasteiger partial charge in [-0.1, -0.05) is 18.2 Å². The van der Waals surface area contributed by atoms with Gasteiger partial charge in [0.05, 0.1) is 5.75 Å². The number of hydrogen-bond donors (Lipinski definition) is 1. The van der Waals surface area contributed by atoms with Crippen LogP contribution in [0.1, 0.15) is 5.56 Å². The maximum Gasteiger partial charge on any atom is 0.185 e. The topological polar surface area (TPSA) is 60.2 Å². The first-order valence-electron chi connectivity index (χ1n) is 5.42. The number of rotatable bonds is 3. The number of nitrogens with two attached hydrogens (primary N) is 1. The summed E-state index contributed by atoms with van der Waals surface area (Å²) in [6, 6.07) is 8.85. The molecule has 0 bridgehead atoms. The molecule has 2 N–H and O–H groups in total. The second-order valence-corrected chi connectivity index (χ2v) is 5.96. The molecular weight excluding hydrogens is 272 g/mol. The van der Waals surface area contributed by atoms with Crippen LogP contribution in [0.5, 0.6) is 0 Å². The van der Waals surface area contributed by atoms with E-state index in [1.807, 2.05) is 0 Å². The zero-order valence-corrected chi connectivity index (χ0v) is 10.6. The van der Waals surface area contributed by atoms with Crippen molar-refractivity contribution in [3.63, 3.8) is 0 Å². The molecule has 0 aliphatic heterocycles. The van der Waals surface area contributed by atoms with Crippen molar-refractivity contribution in [2.24, 2.45) is 0 Å². The highest BCUT2D eigenvalue weighted by atomic mass is 32.2. The largest absolute Gasteiger partial charge is 0.398 e. The molecule has 0 radical (unpaired) electrons. The van der Waals surface area contributed by atoms with Gasteiger partial charge in [0.1, 0.15) is 16.5 Å². The second-order valence-electron chi connectivity index (χ2n) is 4.00. The molecule has 0 heterocycles. The molecule has 0 saturated heterocycles. The van der Waals surface area contributed by atoms with Crippen molar-refractivity contribution < 1.29 is 17.2 Å². The third-order valence-electron chi connectivity index (χ3n) is 2.66. The summed E-state index contributed by atoms with van der Waals surface area (Å²) < 4.78 is 51.2. The zero-order valence-electron chi connectivity index (χ0n) is 9.81. The van der Waals surface area contributed by atoms with Crippen LogP contribution in [0.4, 0.5) is 14.5 Å². The Hall–Kier alpha value is -1.95. The van der Waals surface area contributed by atoms with E-state index in [0.717, 1.165) is 18.2 Å². The van der Waals surface area contributed by atoms with Crippen LogP contribution in [0.2, 0.25) is 0 Å². The van der Waals surface area contributed by atoms with E-state index in [9.17, 15) is 17.2 Å². The summed E-state index contributed by atoms with van der Waals surface area (Å²) >= 11 is 0. The van der Waals surface area contributed by atoms with Crippen molar-refractivity contribution in [2.75, 3.05) is 5.73 Å². The lowest BCUT2D eigenvalue weighted by atomic mass is 10.2. The van der Waals surface area contributed by atoms with Gasteiger partial charge >= 0.3 is 0 Å². The Morgan fingerprint density at radius 1 is 0.947 bits per heavy atom. The fourth-order valence-corrected chi connectivity index (χ4v) is 3.18. The molecule has 2 aromatic rings. The average Bonchev–Trinajstić information content (AvgIpc) is 2.34. The molecule has 0 fully saturated rings. The predicted octanol–water partition coefficient (Wildman–Crippen LogP) is 2.52. The maximum atomic E-state index is 13.6. The first-order chi connectivity index (χ1) is 8.92. The van der Waals surface area contributed by atoms with Gasteiger partial charge in [0.15, 0.2) is 9.84 Å². The van der Waals surface area contributed by atoms with Crippen LogP contribution in [0.25, 0.3) is 0 Å². The van der Waals surface area contributed by atoms with E-state index >= 15 is 0 Å². The maximum absolute atomic E-state index is 13.6. The van der Waals surface area contributed by atoms with Crippen LogP contribution in [-0.4, -0.2) is 8.42 Å². The summed E-state index contributed by atoms with van der Waals surface area (Å²) in [7, 11) is -3.98. The summed E-state index contributed by atoms with van der Waals surface area (Å²) in [5, 5.41) is 0. The molecule has 0 unspecified atom stereocenters. The molecule has 3 nitrogen and oxygen atoms in total. The van der Waals surface area contributed by atoms with Gasteiger partial charge in [-0.15, -0.1) is 0 Å². The highest BCUT2D eigenvalue weighted by molar-refractivity contribution is 7.90. The van der Waals surface area contributed by atoms with E-state index in [-0.39, 0.29) is 11.3 Å². The summed E-state index contributed by atoms with van der Waals surface area (Å²) in [5.41, 5.74) is 5.43. The summed E-state index contributed by atoms with van der Waals surface area (Å²) in [4.78, 5) is -0.461. The Labute approximate surface area is 109 Å². The van der Waals surface area contributed by atoms with Gasteiger partial charge in [-0.25, -0.2) is 17.2 Å². The van der Waals surface area contributed by atoms with E-state index in [1.165, 1.54) is 24.3 Å². The van der Waals surface area contributed by atoms with Crippen molar-refractivity contribution in [3.8, 4) is 0 Å². The van der Waals surface area contributed by atoms with E-state index in [0.29, 0.717) is 0 Å². The van der Waals surface area contributed by atoms with Crippen molar-refractivity contribution >= 4 is 15.5 Å². The van der Waals surface area contributed by atoms with Gasteiger partial charge in [-0.05, 0) is 24.3 Å². The van der Waals surface area contributed by atoms with Crippen LogP contribution in [0.15, 0.2) is 47.4 Å². The van der Waals surface area contributed by atoms with Gasteiger partial charge in [0.2, 0.25) is 0 Å². The molecule has 0 aromatic heterocycles. The minimum absolute atomic E-state index is 0.0277. The Morgan fingerprint density at radius 3 is 2.21 bits per heavy atom. The van der Waals surface area contributed by atoms with Crippen molar-refractivity contribution in [1.29, 1.82) is 0 Å². The fourth-order valence-electron chi connectivity index (χ4n) is 1.69. The predicted molar refractivity (Wildman–Crippen MR) is 68.1 cm³/mol. The van der Waals surface area contributed by atoms with Crippen molar-refractivity contribution in [2.45, 2.75) is 10.6 Å². The van der Waals surface area contributed by atoms with E-state index in [2.05, 4.69) is 0 Å². The molecule has 6 heteroatoms. The average molecular weight is 283 g/mol. The molecule has 0 aliphatic rings. The number of hydrogen-bond acceptors (Lipinski definition) is 3. The van der Waals surface area contributed by atoms with Crippen LogP contribution in [0, 0.1) is 11.6 Å². The molecule has 0 aliphatic carbocycles. The Morgan fingerprint density at radius 2 is 1.58 bits per heavy atom. The van der Waals surface area contributed by atoms with Crippen LogP contribution in [-0.2, 0) is 15.6 Å². The first-order valence-corrected chi connectivity index (χ1v) is 7.07. The number of benzene rings is 2. The molecule has 19 heavy (non-hydrogen) atoms. The number of anilines is 1. The van der Waals surface area contributed by atoms with Gasteiger partial charge in [-0.3, -0.25) is 0 Å². The molecule has 0 saturated carbocycles. The highest BCUT2D eigenvalue weighted by Gasteiger charge is 2.22. The lowest BCUT2D eigenvalue weighted by Gasteiger charge is -2.09. The minimum Gasteiger partial charge on any atom is -0.398 e. The second kappa shape index (κ2) is 4.97. The minimum atomic E-state index is -3.98. The number of halogens is 2. The standard InChI is InChI=1S/C13H11F2NO2S/c14-10-5-3-6-12(16)9(10)8-19(17,18)13-7-2-1-4-11(13)15/h1-7H,8,16H2. The molecule has 2 aromatic carbocycles. The normalized spacial score (nSPS) is 11.5. The smallest absolute Gasteiger partial charge is 0.185 e. The SMILES string of the molecule is Nc1cccc(F)c1CS(=O)(=O)c1ccccc1F. The van der Waals surface area contributed by atoms with Gasteiger partial charge < -0.3 is 5.73 Å². The summed E-state index contributed by atoms with van der Waals surface area (Å²) in [6.45, 7) is 0. The molecule has 0 atom stereocenters. The van der Waals surface area contributed by atoms with Crippen molar-refractivity contribution in [3.05, 3.63) is 59.7 Å². The van der Waals surface area contributed by atoms with E-state index in [4.69, 9.17) is 5.73 Å². The molecular formula is C13H11F2NO2S. The molecule has 100 valence electrons. The summed E-state index contributed by atoms with van der Waals surface area (Å²) in [6.07, 6.45) is 0. The fraction of sp³-hybridized carbons (Fsp3) is 0.0769. The van der Waals surface area contributed by atoms with Crippen LogP contribution < -0.4 is 5.73 Å². The Bertz CT molecular complexity index is 694. The quantitative estimate of drug-likeness (QED) is 0.880. The van der Waals surface area contributed by atoms with Gasteiger partial charge in [0, 0.05) is 11.3 Å². The van der Waals surface area contributed by atoms with Crippen LogP contribution in [0.3, 0.4) is 0 Å². The van der Waals surface area contributed by atoms with E-state index < -0.39 is 32.1 Å². The zero-order chi connectivity index (χ0) is 14.0. The number of sulfone groups is 1. The molecule has 0 spiro atoms. The Balaban J connectivity index is 2.46. The van der Waals surface area contributed by atoms with Crippen molar-refractivity contribution in [1.82, 2.24) is 0 Å². The third-order valence-corrected chi connectivity index (χ3v) is 4.33. The van der Waals surface area contributed by atoms with Crippen LogP contribution >= 0.6 is 0 Å². The lowest BCUT2D eigenvalue weighted by molar-refractivity contribution is 0.563. The van der Waals surface area contributed by atoms with E-state index in [1.54, 1.807) is 0 Å². The van der Waals surface area contributed by atoms with Gasteiger partial charge in [-0.2, -0.15) is 0 Å². The third kappa shape index (κ3) is 2.73.